The number of rotatable bonds is 12. The van der Waals surface area contributed by atoms with Crippen LogP contribution in [0.15, 0.2) is 12.2 Å². The number of allylic oxidation sites excluding steroid dienone is 1. The van der Waals surface area contributed by atoms with Gasteiger partial charge in [0.15, 0.2) is 0 Å². The van der Waals surface area contributed by atoms with E-state index in [2.05, 4.69) is 6.92 Å². The third-order valence-electron chi connectivity index (χ3n) is 3.23. The third-order valence-corrected chi connectivity index (χ3v) is 3.23. The number of carbonyl (C=O) groups is 1. The zero-order valence-electron chi connectivity index (χ0n) is 13.0. The maximum atomic E-state index is 11.3. The topological polar surface area (TPSA) is 72.5 Å². The molecule has 2 atom stereocenters. The Labute approximate surface area is 123 Å². The van der Waals surface area contributed by atoms with Gasteiger partial charge in [0.05, 0.1) is 12.7 Å². The van der Waals surface area contributed by atoms with Crippen LogP contribution in [0, 0.1) is 0 Å². The molecular formula is C16H31NO3. The van der Waals surface area contributed by atoms with E-state index in [-0.39, 0.29) is 6.61 Å². The Hall–Kier alpha value is -0.870. The number of unbranched alkanes of at least 4 members (excludes halogenated alkanes) is 7. The van der Waals surface area contributed by atoms with Crippen LogP contribution in [0.2, 0.25) is 0 Å². The summed E-state index contributed by atoms with van der Waals surface area (Å²) in [5.74, 6) is -0.555. The maximum absolute atomic E-state index is 11.3. The number of hydrogen-bond acceptors (Lipinski definition) is 4. The summed E-state index contributed by atoms with van der Waals surface area (Å²) in [4.78, 5) is 11.3. The number of ether oxygens (including phenoxy) is 1. The van der Waals surface area contributed by atoms with Gasteiger partial charge in [-0.1, -0.05) is 57.6 Å². The van der Waals surface area contributed by atoms with Crippen LogP contribution in [0.25, 0.3) is 0 Å². The maximum Gasteiger partial charge on any atom is 0.325 e. The lowest BCUT2D eigenvalue weighted by atomic mass is 10.1. The van der Waals surface area contributed by atoms with Crippen LogP contribution in [0.5, 0.6) is 0 Å². The first-order chi connectivity index (χ1) is 9.63. The molecule has 0 unspecified atom stereocenters. The molecule has 0 amide bonds. The highest BCUT2D eigenvalue weighted by molar-refractivity contribution is 5.76. The number of esters is 1. The van der Waals surface area contributed by atoms with E-state index < -0.39 is 18.1 Å². The molecule has 4 heteroatoms. The predicted octanol–water partition coefficient (Wildman–Crippen LogP) is 2.93. The van der Waals surface area contributed by atoms with Crippen LogP contribution in [-0.4, -0.2) is 29.8 Å². The van der Waals surface area contributed by atoms with Crippen molar-refractivity contribution in [2.75, 3.05) is 6.61 Å². The Morgan fingerprint density at radius 2 is 1.75 bits per heavy atom. The van der Waals surface area contributed by atoms with Gasteiger partial charge in [0.25, 0.3) is 0 Å². The molecule has 0 aromatic rings. The lowest BCUT2D eigenvalue weighted by molar-refractivity contribution is -0.146. The van der Waals surface area contributed by atoms with Gasteiger partial charge in [-0.05, 0) is 19.8 Å². The van der Waals surface area contributed by atoms with E-state index in [1.807, 2.05) is 6.08 Å². The van der Waals surface area contributed by atoms with Gasteiger partial charge in [-0.2, -0.15) is 0 Å². The molecule has 0 radical (unpaired) electrons. The van der Waals surface area contributed by atoms with Gasteiger partial charge in [-0.3, -0.25) is 4.79 Å². The minimum atomic E-state index is -0.986. The van der Waals surface area contributed by atoms with Crippen LogP contribution in [0.4, 0.5) is 0 Å². The molecule has 0 aromatic heterocycles. The van der Waals surface area contributed by atoms with E-state index in [1.54, 1.807) is 13.0 Å². The third kappa shape index (κ3) is 9.98. The molecule has 0 aliphatic carbocycles. The van der Waals surface area contributed by atoms with Crippen molar-refractivity contribution < 1.29 is 14.6 Å². The molecule has 0 bridgehead atoms. The molecule has 0 aliphatic rings. The summed E-state index contributed by atoms with van der Waals surface area (Å²) in [7, 11) is 0. The van der Waals surface area contributed by atoms with Crippen LogP contribution >= 0.6 is 0 Å². The Kier molecular flexibility index (Phi) is 12.6. The minimum absolute atomic E-state index is 0.279. The Morgan fingerprint density at radius 3 is 2.35 bits per heavy atom. The normalized spacial score (nSPS) is 14.4. The van der Waals surface area contributed by atoms with Gasteiger partial charge in [0.2, 0.25) is 0 Å². The Bertz CT molecular complexity index is 266. The summed E-state index contributed by atoms with van der Waals surface area (Å²) in [6.45, 7) is 4.21. The van der Waals surface area contributed by atoms with E-state index in [0.29, 0.717) is 0 Å². The summed E-state index contributed by atoms with van der Waals surface area (Å²) < 4.78 is 4.76. The van der Waals surface area contributed by atoms with Gasteiger partial charge in [0, 0.05) is 0 Å². The van der Waals surface area contributed by atoms with Crippen molar-refractivity contribution in [1.82, 2.24) is 0 Å². The van der Waals surface area contributed by atoms with E-state index in [0.717, 1.165) is 12.8 Å². The number of aliphatic hydroxyl groups excluding tert-OH is 1. The number of hydrogen-bond donors (Lipinski definition) is 2. The first kappa shape index (κ1) is 19.1. The van der Waals surface area contributed by atoms with Crippen LogP contribution < -0.4 is 5.73 Å². The highest BCUT2D eigenvalue weighted by atomic mass is 16.5. The fourth-order valence-electron chi connectivity index (χ4n) is 1.95. The monoisotopic (exact) mass is 285 g/mol. The molecule has 3 N–H and O–H groups in total. The average Bonchev–Trinajstić information content (AvgIpc) is 2.44. The van der Waals surface area contributed by atoms with E-state index in [9.17, 15) is 9.90 Å². The lowest BCUT2D eigenvalue weighted by Gasteiger charge is -2.13. The lowest BCUT2D eigenvalue weighted by Crippen LogP contribution is -2.42. The zero-order chi connectivity index (χ0) is 15.2. The van der Waals surface area contributed by atoms with Gasteiger partial charge in [-0.25, -0.2) is 0 Å². The van der Waals surface area contributed by atoms with Gasteiger partial charge >= 0.3 is 5.97 Å². The van der Waals surface area contributed by atoms with Gasteiger partial charge < -0.3 is 15.6 Å². The van der Waals surface area contributed by atoms with E-state index >= 15 is 0 Å². The number of carbonyl (C=O) groups excluding carboxylic acids is 1. The fourth-order valence-corrected chi connectivity index (χ4v) is 1.95. The summed E-state index contributed by atoms with van der Waals surface area (Å²) in [5, 5.41) is 9.70. The second-order valence-electron chi connectivity index (χ2n) is 5.11. The number of aliphatic hydroxyl groups is 1. The zero-order valence-corrected chi connectivity index (χ0v) is 13.0. The van der Waals surface area contributed by atoms with Crippen LogP contribution in [0.1, 0.15) is 65.2 Å². The summed E-state index contributed by atoms with van der Waals surface area (Å²) in [6.07, 6.45) is 12.3. The van der Waals surface area contributed by atoms with Crippen LogP contribution in [0.3, 0.4) is 0 Å². The second-order valence-corrected chi connectivity index (χ2v) is 5.11. The first-order valence-electron chi connectivity index (χ1n) is 7.90. The molecule has 118 valence electrons. The van der Waals surface area contributed by atoms with Crippen molar-refractivity contribution in [3.8, 4) is 0 Å². The Balaban J connectivity index is 3.61. The molecule has 0 fully saturated rings. The minimum Gasteiger partial charge on any atom is -0.465 e. The fraction of sp³-hybridized carbons (Fsp3) is 0.812. The first-order valence-corrected chi connectivity index (χ1v) is 7.90. The quantitative estimate of drug-likeness (QED) is 0.328. The van der Waals surface area contributed by atoms with Crippen LogP contribution in [-0.2, 0) is 9.53 Å². The summed E-state index contributed by atoms with van der Waals surface area (Å²) in [5.41, 5.74) is 5.58. The van der Waals surface area contributed by atoms with E-state index in [1.165, 1.54) is 38.5 Å². The Morgan fingerprint density at radius 1 is 1.15 bits per heavy atom. The molecule has 0 heterocycles. The van der Waals surface area contributed by atoms with Gasteiger partial charge in [-0.15, -0.1) is 0 Å². The SMILES string of the molecule is CCCCCCCCC/C=C/[C@H](O)[C@@H](N)C(=O)OCC. The molecule has 0 saturated heterocycles. The van der Waals surface area contributed by atoms with Crippen molar-refractivity contribution >= 4 is 5.97 Å². The summed E-state index contributed by atoms with van der Waals surface area (Å²) >= 11 is 0. The van der Waals surface area contributed by atoms with Crippen molar-refractivity contribution in [3.63, 3.8) is 0 Å². The second kappa shape index (κ2) is 13.1. The summed E-state index contributed by atoms with van der Waals surface area (Å²) in [6, 6.07) is -0.986. The molecule has 0 aromatic carbocycles. The molecule has 0 aliphatic heterocycles. The van der Waals surface area contributed by atoms with Gasteiger partial charge in [0.1, 0.15) is 6.04 Å². The molecule has 20 heavy (non-hydrogen) atoms. The van der Waals surface area contributed by atoms with Crippen molar-refractivity contribution in [2.24, 2.45) is 5.73 Å². The molecule has 4 nitrogen and oxygen atoms in total. The van der Waals surface area contributed by atoms with E-state index in [4.69, 9.17) is 10.5 Å². The molecule has 0 spiro atoms. The largest absolute Gasteiger partial charge is 0.465 e. The number of nitrogens with two attached hydrogens (primary N) is 1. The predicted molar refractivity (Wildman–Crippen MR) is 82.4 cm³/mol. The molecular weight excluding hydrogens is 254 g/mol. The molecule has 0 saturated carbocycles. The average molecular weight is 285 g/mol. The van der Waals surface area contributed by atoms with Crippen molar-refractivity contribution in [1.29, 1.82) is 0 Å². The molecule has 0 rings (SSSR count). The highest BCUT2D eigenvalue weighted by Gasteiger charge is 2.21. The highest BCUT2D eigenvalue weighted by Crippen LogP contribution is 2.09. The standard InChI is InChI=1S/C16H31NO3/c1-3-5-6-7-8-9-10-11-12-13-14(18)15(17)16(19)20-4-2/h12-15,18H,3-11,17H2,1-2H3/b13-12+/t14-,15+/m0/s1. The smallest absolute Gasteiger partial charge is 0.325 e. The van der Waals surface area contributed by atoms with Crippen molar-refractivity contribution in [2.45, 2.75) is 77.4 Å². The van der Waals surface area contributed by atoms with Crippen molar-refractivity contribution in [3.05, 3.63) is 12.2 Å².